The smallest absolute Gasteiger partial charge is 0.322 e. The number of nitrogens with zero attached hydrogens (tertiary/aromatic N) is 1. The number of carbonyl (C=O) groups is 1. The largest absolute Gasteiger partial charge is 0.468 e. The lowest BCUT2D eigenvalue weighted by atomic mass is 10.0. The molecular weight excluding hydrogens is 240 g/mol. The number of aromatic nitrogens is 1. The van der Waals surface area contributed by atoms with Gasteiger partial charge in [0.2, 0.25) is 0 Å². The highest BCUT2D eigenvalue weighted by Gasteiger charge is 2.14. The Kier molecular flexibility index (Phi) is 4.26. The van der Waals surface area contributed by atoms with Gasteiger partial charge < -0.3 is 10.5 Å². The summed E-state index contributed by atoms with van der Waals surface area (Å²) in [5.74, 6) is -0.394. The van der Waals surface area contributed by atoms with Crippen molar-refractivity contribution in [1.29, 1.82) is 0 Å². The van der Waals surface area contributed by atoms with Crippen molar-refractivity contribution >= 4 is 5.97 Å². The van der Waals surface area contributed by atoms with E-state index in [1.165, 1.54) is 7.11 Å². The van der Waals surface area contributed by atoms with Crippen molar-refractivity contribution in [2.75, 3.05) is 7.11 Å². The van der Waals surface area contributed by atoms with Crippen LogP contribution in [0.25, 0.3) is 11.1 Å². The number of hydrogen-bond donors (Lipinski definition) is 1. The van der Waals surface area contributed by atoms with E-state index in [0.29, 0.717) is 6.42 Å². The average molecular weight is 256 g/mol. The number of ether oxygens (including phenoxy) is 1. The number of esters is 1. The SMILES string of the molecule is COC(=O)C(N)Cc1cccc(-c2ccncc2)c1. The molecule has 2 rings (SSSR count). The van der Waals surface area contributed by atoms with Crippen LogP contribution < -0.4 is 5.73 Å². The molecule has 0 fully saturated rings. The van der Waals surface area contributed by atoms with Gasteiger partial charge in [0.15, 0.2) is 0 Å². The van der Waals surface area contributed by atoms with Crippen molar-refractivity contribution in [3.8, 4) is 11.1 Å². The second-order valence-corrected chi connectivity index (χ2v) is 4.27. The highest BCUT2D eigenvalue weighted by atomic mass is 16.5. The maximum atomic E-state index is 11.3. The third kappa shape index (κ3) is 3.39. The fourth-order valence-corrected chi connectivity index (χ4v) is 1.91. The number of nitrogens with two attached hydrogens (primary N) is 1. The maximum absolute atomic E-state index is 11.3. The first-order valence-electron chi connectivity index (χ1n) is 6.03. The molecule has 4 heteroatoms. The van der Waals surface area contributed by atoms with Crippen molar-refractivity contribution in [3.63, 3.8) is 0 Å². The lowest BCUT2D eigenvalue weighted by Crippen LogP contribution is -2.33. The molecule has 0 saturated carbocycles. The van der Waals surface area contributed by atoms with Gasteiger partial charge in [-0.3, -0.25) is 9.78 Å². The van der Waals surface area contributed by atoms with E-state index < -0.39 is 12.0 Å². The minimum absolute atomic E-state index is 0.394. The van der Waals surface area contributed by atoms with Gasteiger partial charge in [0.05, 0.1) is 7.11 Å². The van der Waals surface area contributed by atoms with Gasteiger partial charge in [0.1, 0.15) is 6.04 Å². The van der Waals surface area contributed by atoms with Gasteiger partial charge in [-0.15, -0.1) is 0 Å². The summed E-state index contributed by atoms with van der Waals surface area (Å²) in [4.78, 5) is 15.3. The second kappa shape index (κ2) is 6.11. The van der Waals surface area contributed by atoms with Crippen LogP contribution in [0.15, 0.2) is 48.8 Å². The van der Waals surface area contributed by atoms with Crippen LogP contribution in [0.4, 0.5) is 0 Å². The van der Waals surface area contributed by atoms with Crippen LogP contribution in [0.5, 0.6) is 0 Å². The Bertz CT molecular complexity index is 555. The Morgan fingerprint density at radius 3 is 2.68 bits per heavy atom. The molecule has 1 heterocycles. The fraction of sp³-hybridized carbons (Fsp3) is 0.200. The molecule has 2 N–H and O–H groups in total. The van der Waals surface area contributed by atoms with E-state index in [1.807, 2.05) is 36.4 Å². The number of carbonyl (C=O) groups excluding carboxylic acids is 1. The summed E-state index contributed by atoms with van der Waals surface area (Å²) < 4.78 is 4.63. The minimum Gasteiger partial charge on any atom is -0.468 e. The van der Waals surface area contributed by atoms with E-state index in [1.54, 1.807) is 12.4 Å². The summed E-state index contributed by atoms with van der Waals surface area (Å²) in [6, 6.07) is 11.2. The lowest BCUT2D eigenvalue weighted by Gasteiger charge is -2.10. The molecule has 1 aromatic heterocycles. The molecule has 1 atom stereocenters. The Labute approximate surface area is 112 Å². The zero-order chi connectivity index (χ0) is 13.7. The molecule has 0 aliphatic carbocycles. The zero-order valence-corrected chi connectivity index (χ0v) is 10.7. The Morgan fingerprint density at radius 2 is 2.00 bits per heavy atom. The van der Waals surface area contributed by atoms with Gasteiger partial charge in [0, 0.05) is 12.4 Å². The van der Waals surface area contributed by atoms with Gasteiger partial charge in [-0.25, -0.2) is 0 Å². The molecule has 2 aromatic rings. The van der Waals surface area contributed by atoms with Gasteiger partial charge in [0.25, 0.3) is 0 Å². The molecule has 0 amide bonds. The van der Waals surface area contributed by atoms with Crippen LogP contribution >= 0.6 is 0 Å². The quantitative estimate of drug-likeness (QED) is 0.847. The summed E-state index contributed by atoms with van der Waals surface area (Å²) in [5.41, 5.74) is 8.94. The summed E-state index contributed by atoms with van der Waals surface area (Å²) in [7, 11) is 1.34. The number of rotatable bonds is 4. The molecule has 0 aliphatic heterocycles. The first-order valence-corrected chi connectivity index (χ1v) is 6.03. The number of pyridine rings is 1. The molecule has 0 bridgehead atoms. The molecule has 1 unspecified atom stereocenters. The van der Waals surface area contributed by atoms with Crippen LogP contribution in [0.1, 0.15) is 5.56 Å². The summed E-state index contributed by atoms with van der Waals surface area (Å²) in [6.07, 6.45) is 3.97. The van der Waals surface area contributed by atoms with E-state index >= 15 is 0 Å². The highest BCUT2D eigenvalue weighted by Crippen LogP contribution is 2.20. The van der Waals surface area contributed by atoms with Crippen LogP contribution in [0.3, 0.4) is 0 Å². The van der Waals surface area contributed by atoms with E-state index in [-0.39, 0.29) is 0 Å². The summed E-state index contributed by atoms with van der Waals surface area (Å²) in [5, 5.41) is 0. The van der Waals surface area contributed by atoms with E-state index in [4.69, 9.17) is 5.73 Å². The molecule has 0 spiro atoms. The fourth-order valence-electron chi connectivity index (χ4n) is 1.91. The Morgan fingerprint density at radius 1 is 1.26 bits per heavy atom. The first kappa shape index (κ1) is 13.2. The predicted octanol–water partition coefficient (Wildman–Crippen LogP) is 1.79. The maximum Gasteiger partial charge on any atom is 0.322 e. The molecular formula is C15H16N2O2. The number of benzene rings is 1. The first-order chi connectivity index (χ1) is 9.20. The van der Waals surface area contributed by atoms with E-state index in [9.17, 15) is 4.79 Å². The normalized spacial score (nSPS) is 11.9. The van der Waals surface area contributed by atoms with E-state index in [2.05, 4.69) is 9.72 Å². The third-order valence-corrected chi connectivity index (χ3v) is 2.90. The van der Waals surface area contributed by atoms with Gasteiger partial charge in [-0.05, 0) is 35.2 Å². The summed E-state index contributed by atoms with van der Waals surface area (Å²) in [6.45, 7) is 0. The van der Waals surface area contributed by atoms with Crippen LogP contribution in [0.2, 0.25) is 0 Å². The molecule has 19 heavy (non-hydrogen) atoms. The molecule has 4 nitrogen and oxygen atoms in total. The average Bonchev–Trinajstić information content (AvgIpc) is 2.47. The summed E-state index contributed by atoms with van der Waals surface area (Å²) >= 11 is 0. The molecule has 0 aliphatic rings. The van der Waals surface area contributed by atoms with Crippen LogP contribution in [-0.4, -0.2) is 24.1 Å². The van der Waals surface area contributed by atoms with Crippen molar-refractivity contribution in [2.45, 2.75) is 12.5 Å². The zero-order valence-electron chi connectivity index (χ0n) is 10.7. The van der Waals surface area contributed by atoms with Crippen molar-refractivity contribution in [2.24, 2.45) is 5.73 Å². The van der Waals surface area contributed by atoms with Crippen molar-refractivity contribution in [3.05, 3.63) is 54.4 Å². The molecule has 0 saturated heterocycles. The Balaban J connectivity index is 2.18. The monoisotopic (exact) mass is 256 g/mol. The number of methoxy groups -OCH3 is 1. The standard InChI is InChI=1S/C15H16N2O2/c1-19-15(18)14(16)10-11-3-2-4-13(9-11)12-5-7-17-8-6-12/h2-9,14H,10,16H2,1H3. The Hall–Kier alpha value is -2.20. The van der Waals surface area contributed by atoms with Crippen molar-refractivity contribution in [1.82, 2.24) is 4.98 Å². The second-order valence-electron chi connectivity index (χ2n) is 4.27. The highest BCUT2D eigenvalue weighted by molar-refractivity contribution is 5.75. The van der Waals surface area contributed by atoms with E-state index in [0.717, 1.165) is 16.7 Å². The van der Waals surface area contributed by atoms with Crippen molar-refractivity contribution < 1.29 is 9.53 Å². The van der Waals surface area contributed by atoms with Gasteiger partial charge >= 0.3 is 5.97 Å². The van der Waals surface area contributed by atoms with Crippen LogP contribution in [-0.2, 0) is 16.0 Å². The lowest BCUT2D eigenvalue weighted by molar-refractivity contribution is -0.142. The molecule has 0 radical (unpaired) electrons. The number of hydrogen-bond acceptors (Lipinski definition) is 4. The molecule has 1 aromatic carbocycles. The van der Waals surface area contributed by atoms with Crippen LogP contribution in [0, 0.1) is 0 Å². The minimum atomic E-state index is -0.627. The van der Waals surface area contributed by atoms with Gasteiger partial charge in [-0.1, -0.05) is 24.3 Å². The third-order valence-electron chi connectivity index (χ3n) is 2.90. The van der Waals surface area contributed by atoms with Gasteiger partial charge in [-0.2, -0.15) is 0 Å². The molecule has 98 valence electrons. The topological polar surface area (TPSA) is 65.2 Å². The predicted molar refractivity (Wildman–Crippen MR) is 73.4 cm³/mol.